The van der Waals surface area contributed by atoms with E-state index < -0.39 is 0 Å². The number of aromatic nitrogens is 2. The summed E-state index contributed by atoms with van der Waals surface area (Å²) in [5.74, 6) is 1.22. The van der Waals surface area contributed by atoms with Crippen molar-refractivity contribution in [1.29, 1.82) is 0 Å². The van der Waals surface area contributed by atoms with Crippen LogP contribution in [0, 0.1) is 6.92 Å². The van der Waals surface area contributed by atoms with E-state index in [2.05, 4.69) is 34.7 Å². The van der Waals surface area contributed by atoms with Crippen LogP contribution in [-0.4, -0.2) is 16.7 Å². The number of hydrogen-bond acceptors (Lipinski definition) is 2. The first-order valence-corrected chi connectivity index (χ1v) is 7.40. The summed E-state index contributed by atoms with van der Waals surface area (Å²) in [6.45, 7) is 2.65. The number of benzene rings is 2. The molecule has 0 saturated carbocycles. The molecule has 108 valence electrons. The van der Waals surface area contributed by atoms with E-state index in [0.717, 1.165) is 28.1 Å². The molecule has 0 N–H and O–H groups in total. The molecule has 0 unspecified atom stereocenters. The minimum absolute atomic E-state index is 0.370. The maximum atomic E-state index is 6.12. The van der Waals surface area contributed by atoms with Crippen LogP contribution in [0.25, 0.3) is 16.7 Å². The monoisotopic (exact) mass is 300 g/mol. The molecule has 3 aromatic rings. The molecule has 1 heterocycles. The summed E-state index contributed by atoms with van der Waals surface area (Å²) in [6, 6.07) is 14.3. The van der Waals surface area contributed by atoms with E-state index in [1.807, 2.05) is 24.3 Å². The van der Waals surface area contributed by atoms with Crippen molar-refractivity contribution < 1.29 is 4.74 Å². The average Bonchev–Trinajstić information content (AvgIpc) is 2.88. The van der Waals surface area contributed by atoms with Gasteiger partial charge in [-0.1, -0.05) is 30.3 Å². The number of halogens is 1. The van der Waals surface area contributed by atoms with Crippen molar-refractivity contribution in [2.75, 3.05) is 7.11 Å². The molecular weight excluding hydrogens is 284 g/mol. The summed E-state index contributed by atoms with van der Waals surface area (Å²) in [5.41, 5.74) is 5.46. The van der Waals surface area contributed by atoms with Gasteiger partial charge in [-0.3, -0.25) is 4.57 Å². The molecule has 0 fully saturated rings. The maximum absolute atomic E-state index is 6.12. The van der Waals surface area contributed by atoms with Crippen LogP contribution in [0.15, 0.2) is 42.5 Å². The maximum Gasteiger partial charge on any atom is 0.129 e. The number of ether oxygens (including phenoxy) is 1. The van der Waals surface area contributed by atoms with Crippen LogP contribution in [0.4, 0.5) is 0 Å². The first kappa shape index (κ1) is 14.1. The van der Waals surface area contributed by atoms with Crippen molar-refractivity contribution in [3.8, 4) is 5.69 Å². The number of fused-ring (bicyclic) bond motifs is 1. The Hall–Kier alpha value is -1.84. The largest absolute Gasteiger partial charge is 0.380 e. The molecule has 2 aromatic carbocycles. The number of alkyl halides is 1. The van der Waals surface area contributed by atoms with Crippen LogP contribution >= 0.6 is 11.6 Å². The second kappa shape index (κ2) is 5.88. The van der Waals surface area contributed by atoms with Crippen LogP contribution in [0.2, 0.25) is 0 Å². The third-order valence-corrected chi connectivity index (χ3v) is 3.84. The lowest BCUT2D eigenvalue weighted by atomic mass is 10.1. The van der Waals surface area contributed by atoms with Gasteiger partial charge in [-0.2, -0.15) is 0 Å². The minimum atomic E-state index is 0.370. The number of aryl methyl sites for hydroxylation is 1. The van der Waals surface area contributed by atoms with Crippen LogP contribution in [0.1, 0.15) is 17.0 Å². The van der Waals surface area contributed by atoms with E-state index in [9.17, 15) is 0 Å². The van der Waals surface area contributed by atoms with E-state index in [-0.39, 0.29) is 0 Å². The van der Waals surface area contributed by atoms with Crippen molar-refractivity contribution in [3.05, 3.63) is 59.4 Å². The fourth-order valence-corrected chi connectivity index (χ4v) is 2.88. The summed E-state index contributed by atoms with van der Waals surface area (Å²) in [7, 11) is 1.70. The zero-order valence-electron chi connectivity index (χ0n) is 12.1. The molecule has 0 saturated heterocycles. The second-order valence-corrected chi connectivity index (χ2v) is 5.27. The molecule has 0 bridgehead atoms. The number of rotatable bonds is 4. The van der Waals surface area contributed by atoms with Gasteiger partial charge in [-0.25, -0.2) is 4.98 Å². The minimum Gasteiger partial charge on any atom is -0.380 e. The van der Waals surface area contributed by atoms with Gasteiger partial charge in [-0.05, 0) is 24.6 Å². The number of hydrogen-bond donors (Lipinski definition) is 0. The lowest BCUT2D eigenvalue weighted by Crippen LogP contribution is -2.04. The fourth-order valence-electron chi connectivity index (χ4n) is 2.70. The lowest BCUT2D eigenvalue weighted by Gasteiger charge is -2.14. The number of para-hydroxylation sites is 2. The molecule has 1 aromatic heterocycles. The van der Waals surface area contributed by atoms with Crippen molar-refractivity contribution in [1.82, 2.24) is 9.55 Å². The predicted octanol–water partition coefficient (Wildman–Crippen LogP) is 4.22. The standard InChI is InChI=1S/C17H17ClN2O/c1-12-6-5-8-14-17(12)20(16(10-18)19-14)15-9-4-3-7-13(15)11-21-2/h3-9H,10-11H2,1-2H3. The highest BCUT2D eigenvalue weighted by Crippen LogP contribution is 2.27. The van der Waals surface area contributed by atoms with Crippen molar-refractivity contribution in [3.63, 3.8) is 0 Å². The number of imidazole rings is 1. The van der Waals surface area contributed by atoms with Gasteiger partial charge in [0.15, 0.2) is 0 Å². The van der Waals surface area contributed by atoms with Gasteiger partial charge >= 0.3 is 0 Å². The molecular formula is C17H17ClN2O. The van der Waals surface area contributed by atoms with Gasteiger partial charge in [0.05, 0.1) is 29.2 Å². The van der Waals surface area contributed by atoms with Crippen LogP contribution in [0.5, 0.6) is 0 Å². The average molecular weight is 301 g/mol. The molecule has 3 nitrogen and oxygen atoms in total. The van der Waals surface area contributed by atoms with E-state index in [4.69, 9.17) is 16.3 Å². The highest BCUT2D eigenvalue weighted by molar-refractivity contribution is 6.17. The van der Waals surface area contributed by atoms with Gasteiger partial charge in [0.25, 0.3) is 0 Å². The van der Waals surface area contributed by atoms with E-state index in [1.165, 1.54) is 5.56 Å². The smallest absolute Gasteiger partial charge is 0.129 e. The Balaban J connectivity index is 2.34. The van der Waals surface area contributed by atoms with E-state index >= 15 is 0 Å². The molecule has 21 heavy (non-hydrogen) atoms. The summed E-state index contributed by atoms with van der Waals surface area (Å²) >= 11 is 6.12. The Morgan fingerprint density at radius 3 is 2.71 bits per heavy atom. The van der Waals surface area contributed by atoms with Crippen LogP contribution in [0.3, 0.4) is 0 Å². The molecule has 0 amide bonds. The third kappa shape index (κ3) is 2.43. The first-order valence-electron chi connectivity index (χ1n) is 6.86. The van der Waals surface area contributed by atoms with Gasteiger partial charge in [0.2, 0.25) is 0 Å². The van der Waals surface area contributed by atoms with Crippen molar-refractivity contribution in [2.45, 2.75) is 19.4 Å². The third-order valence-electron chi connectivity index (χ3n) is 3.60. The van der Waals surface area contributed by atoms with Gasteiger partial charge in [-0.15, -0.1) is 11.6 Å². The van der Waals surface area contributed by atoms with E-state index in [1.54, 1.807) is 7.11 Å². The molecule has 3 rings (SSSR count). The summed E-state index contributed by atoms with van der Waals surface area (Å²) in [5, 5.41) is 0. The normalized spacial score (nSPS) is 11.2. The Kier molecular flexibility index (Phi) is 3.95. The van der Waals surface area contributed by atoms with E-state index in [0.29, 0.717) is 12.5 Å². The van der Waals surface area contributed by atoms with Crippen LogP contribution in [-0.2, 0) is 17.2 Å². The number of nitrogens with zero attached hydrogens (tertiary/aromatic N) is 2. The zero-order chi connectivity index (χ0) is 14.8. The Bertz CT molecular complexity index is 780. The summed E-state index contributed by atoms with van der Waals surface area (Å²) < 4.78 is 7.46. The van der Waals surface area contributed by atoms with Gasteiger partial charge in [0, 0.05) is 12.7 Å². The summed E-state index contributed by atoms with van der Waals surface area (Å²) in [4.78, 5) is 4.66. The van der Waals surface area contributed by atoms with Gasteiger partial charge < -0.3 is 4.74 Å². The highest BCUT2D eigenvalue weighted by atomic mass is 35.5. The molecule has 0 atom stereocenters. The lowest BCUT2D eigenvalue weighted by molar-refractivity contribution is 0.185. The molecule has 0 aliphatic carbocycles. The van der Waals surface area contributed by atoms with Crippen molar-refractivity contribution in [2.24, 2.45) is 0 Å². The van der Waals surface area contributed by atoms with Crippen molar-refractivity contribution >= 4 is 22.6 Å². The topological polar surface area (TPSA) is 27.1 Å². The molecule has 0 radical (unpaired) electrons. The predicted molar refractivity (Wildman–Crippen MR) is 86.1 cm³/mol. The highest BCUT2D eigenvalue weighted by Gasteiger charge is 2.15. The Labute approximate surface area is 129 Å². The summed E-state index contributed by atoms with van der Waals surface area (Å²) in [6.07, 6.45) is 0. The molecule has 0 spiro atoms. The van der Waals surface area contributed by atoms with Gasteiger partial charge in [0.1, 0.15) is 5.82 Å². The Morgan fingerprint density at radius 2 is 1.95 bits per heavy atom. The van der Waals surface area contributed by atoms with Crippen LogP contribution < -0.4 is 0 Å². The second-order valence-electron chi connectivity index (χ2n) is 5.00. The number of methoxy groups -OCH3 is 1. The Morgan fingerprint density at radius 1 is 1.14 bits per heavy atom. The zero-order valence-corrected chi connectivity index (χ0v) is 12.9. The molecule has 4 heteroatoms. The SMILES string of the molecule is COCc1ccccc1-n1c(CCl)nc2cccc(C)c21. The quantitative estimate of drug-likeness (QED) is 0.675. The molecule has 0 aliphatic heterocycles. The first-order chi connectivity index (χ1) is 10.3. The molecule has 0 aliphatic rings. The fraction of sp³-hybridized carbons (Fsp3) is 0.235.